The lowest BCUT2D eigenvalue weighted by atomic mass is 10.3. The van der Waals surface area contributed by atoms with Crippen molar-refractivity contribution in [3.05, 3.63) is 5.28 Å². The minimum Gasteiger partial charge on any atom is -0.353 e. The molecule has 1 aromatic heterocycles. The van der Waals surface area contributed by atoms with Crippen molar-refractivity contribution in [2.45, 2.75) is 0 Å². The molecule has 1 aliphatic rings. The van der Waals surface area contributed by atoms with Gasteiger partial charge in [0.25, 0.3) is 0 Å². The lowest BCUT2D eigenvalue weighted by Crippen LogP contribution is -2.45. The van der Waals surface area contributed by atoms with Gasteiger partial charge in [-0.2, -0.15) is 15.0 Å². The second-order valence-corrected chi connectivity index (χ2v) is 5.53. The highest BCUT2D eigenvalue weighted by Gasteiger charge is 2.13. The maximum Gasteiger partial charge on any atom is 0.230 e. The number of likely N-dealkylation sites (N-methyl/N-ethyl adjacent to an activating group) is 1. The van der Waals surface area contributed by atoms with Crippen molar-refractivity contribution in [2.75, 3.05) is 70.6 Å². The number of halogens is 1. The summed E-state index contributed by atoms with van der Waals surface area (Å²) in [5, 5.41) is 3.42. The van der Waals surface area contributed by atoms with E-state index in [1.165, 1.54) is 0 Å². The first-order chi connectivity index (χ1) is 9.54. The Hall–Kier alpha value is -1.18. The molecule has 0 aromatic carbocycles. The predicted molar refractivity (Wildman–Crippen MR) is 81.6 cm³/mol. The highest BCUT2D eigenvalue weighted by Crippen LogP contribution is 2.11. The molecular weight excluding hydrogens is 278 g/mol. The van der Waals surface area contributed by atoms with Gasteiger partial charge in [0.15, 0.2) is 0 Å². The number of hydrogen-bond donors (Lipinski definition) is 1. The molecule has 0 radical (unpaired) electrons. The molecule has 7 nitrogen and oxygen atoms in total. The van der Waals surface area contributed by atoms with Crippen LogP contribution >= 0.6 is 11.6 Å². The van der Waals surface area contributed by atoms with Gasteiger partial charge in [-0.05, 0) is 18.6 Å². The summed E-state index contributed by atoms with van der Waals surface area (Å²) in [5.41, 5.74) is 0. The fraction of sp³-hybridized carbons (Fsp3) is 0.750. The minimum absolute atomic E-state index is 0.214. The topological polar surface area (TPSA) is 60.4 Å². The molecule has 0 saturated carbocycles. The molecule has 0 atom stereocenters. The number of aromatic nitrogens is 3. The zero-order valence-electron chi connectivity index (χ0n) is 12.3. The second-order valence-electron chi connectivity index (χ2n) is 5.19. The summed E-state index contributed by atoms with van der Waals surface area (Å²) >= 11 is 5.89. The van der Waals surface area contributed by atoms with Crippen LogP contribution in [0.4, 0.5) is 11.9 Å². The van der Waals surface area contributed by atoms with Crippen molar-refractivity contribution >= 4 is 23.5 Å². The summed E-state index contributed by atoms with van der Waals surface area (Å²) in [6.07, 6.45) is 0. The van der Waals surface area contributed by atoms with E-state index >= 15 is 0 Å². The molecule has 0 aliphatic carbocycles. The first-order valence-electron chi connectivity index (χ1n) is 6.78. The van der Waals surface area contributed by atoms with Gasteiger partial charge in [-0.3, -0.25) is 4.90 Å². The van der Waals surface area contributed by atoms with Gasteiger partial charge in [0.1, 0.15) is 0 Å². The van der Waals surface area contributed by atoms with Gasteiger partial charge in [-0.25, -0.2) is 0 Å². The minimum atomic E-state index is 0.214. The van der Waals surface area contributed by atoms with Gasteiger partial charge in [-0.1, -0.05) is 0 Å². The monoisotopic (exact) mass is 299 g/mol. The highest BCUT2D eigenvalue weighted by atomic mass is 35.5. The zero-order chi connectivity index (χ0) is 14.5. The molecule has 1 aromatic rings. The van der Waals surface area contributed by atoms with Gasteiger partial charge in [-0.15, -0.1) is 0 Å². The number of nitrogens with zero attached hydrogens (tertiary/aromatic N) is 6. The Kier molecular flexibility index (Phi) is 5.33. The van der Waals surface area contributed by atoms with E-state index in [1.807, 2.05) is 14.1 Å². The van der Waals surface area contributed by atoms with E-state index in [0.717, 1.165) is 39.3 Å². The molecule has 2 heterocycles. The summed E-state index contributed by atoms with van der Waals surface area (Å²) in [6.45, 7) is 6.26. The summed E-state index contributed by atoms with van der Waals surface area (Å²) in [5.74, 6) is 1.09. The summed E-state index contributed by atoms with van der Waals surface area (Å²) in [7, 11) is 5.91. The van der Waals surface area contributed by atoms with Crippen LogP contribution in [-0.2, 0) is 0 Å². The molecule has 1 saturated heterocycles. The van der Waals surface area contributed by atoms with Crippen LogP contribution < -0.4 is 10.2 Å². The molecule has 8 heteroatoms. The molecule has 0 unspecified atom stereocenters. The third kappa shape index (κ3) is 4.43. The van der Waals surface area contributed by atoms with E-state index in [-0.39, 0.29) is 5.28 Å². The van der Waals surface area contributed by atoms with Crippen molar-refractivity contribution < 1.29 is 0 Å². The molecule has 1 fully saturated rings. The molecule has 0 amide bonds. The normalized spacial score (nSPS) is 17.2. The van der Waals surface area contributed by atoms with Crippen LogP contribution in [0, 0.1) is 0 Å². The molecular formula is C12H22ClN7. The van der Waals surface area contributed by atoms with Crippen LogP contribution in [0.15, 0.2) is 0 Å². The van der Waals surface area contributed by atoms with Crippen molar-refractivity contribution in [1.82, 2.24) is 24.8 Å². The van der Waals surface area contributed by atoms with Crippen molar-refractivity contribution in [3.63, 3.8) is 0 Å². The van der Waals surface area contributed by atoms with E-state index in [9.17, 15) is 0 Å². The maximum absolute atomic E-state index is 5.89. The van der Waals surface area contributed by atoms with Crippen LogP contribution in [0.3, 0.4) is 0 Å². The second kappa shape index (κ2) is 7.01. The lowest BCUT2D eigenvalue weighted by molar-refractivity contribution is 0.158. The Balaban J connectivity index is 1.82. The van der Waals surface area contributed by atoms with E-state index < -0.39 is 0 Å². The number of hydrogen-bond acceptors (Lipinski definition) is 7. The van der Waals surface area contributed by atoms with E-state index in [1.54, 1.807) is 4.90 Å². The quantitative estimate of drug-likeness (QED) is 0.836. The average Bonchev–Trinajstić information content (AvgIpc) is 2.40. The molecule has 0 spiro atoms. The Bertz CT molecular complexity index is 432. The van der Waals surface area contributed by atoms with Gasteiger partial charge in [0.2, 0.25) is 17.2 Å². The molecule has 2 rings (SSSR count). The van der Waals surface area contributed by atoms with Gasteiger partial charge in [0.05, 0.1) is 0 Å². The first-order valence-corrected chi connectivity index (χ1v) is 7.16. The van der Waals surface area contributed by atoms with Gasteiger partial charge < -0.3 is 15.1 Å². The maximum atomic E-state index is 5.89. The fourth-order valence-corrected chi connectivity index (χ4v) is 2.17. The van der Waals surface area contributed by atoms with Crippen LogP contribution in [0.5, 0.6) is 0 Å². The Morgan fingerprint density at radius 3 is 2.50 bits per heavy atom. The van der Waals surface area contributed by atoms with Gasteiger partial charge >= 0.3 is 0 Å². The number of rotatable bonds is 5. The average molecular weight is 300 g/mol. The molecule has 0 bridgehead atoms. The van der Waals surface area contributed by atoms with Crippen molar-refractivity contribution in [3.8, 4) is 0 Å². The fourth-order valence-electron chi connectivity index (χ4n) is 2.02. The molecule has 112 valence electrons. The van der Waals surface area contributed by atoms with Crippen LogP contribution in [0.25, 0.3) is 0 Å². The largest absolute Gasteiger partial charge is 0.353 e. The van der Waals surface area contributed by atoms with Crippen molar-refractivity contribution in [2.24, 2.45) is 0 Å². The van der Waals surface area contributed by atoms with Crippen LogP contribution in [-0.4, -0.2) is 85.2 Å². The summed E-state index contributed by atoms with van der Waals surface area (Å²) in [4.78, 5) is 19.0. The van der Waals surface area contributed by atoms with E-state index in [2.05, 4.69) is 37.1 Å². The number of anilines is 2. The predicted octanol–water partition coefficient (Wildman–Crippen LogP) is 0.250. The lowest BCUT2D eigenvalue weighted by Gasteiger charge is -2.32. The standard InChI is InChI=1S/C12H22ClN7/c1-18(2)12-16-10(13)15-11(17-12)14-4-5-20-8-6-19(3)7-9-20/h4-9H2,1-3H3,(H,14,15,16,17). The Labute approximate surface area is 125 Å². The van der Waals surface area contributed by atoms with E-state index in [0.29, 0.717) is 11.9 Å². The Morgan fingerprint density at radius 2 is 1.85 bits per heavy atom. The smallest absolute Gasteiger partial charge is 0.230 e. The van der Waals surface area contributed by atoms with Gasteiger partial charge in [0, 0.05) is 53.4 Å². The van der Waals surface area contributed by atoms with Crippen LogP contribution in [0.2, 0.25) is 5.28 Å². The number of nitrogens with one attached hydrogen (secondary N) is 1. The Morgan fingerprint density at radius 1 is 1.15 bits per heavy atom. The third-order valence-corrected chi connectivity index (χ3v) is 3.47. The summed E-state index contributed by atoms with van der Waals surface area (Å²) in [6, 6.07) is 0. The van der Waals surface area contributed by atoms with E-state index in [4.69, 9.17) is 11.6 Å². The highest BCUT2D eigenvalue weighted by molar-refractivity contribution is 6.28. The zero-order valence-corrected chi connectivity index (χ0v) is 13.1. The molecule has 1 aliphatic heterocycles. The number of piperazine rings is 1. The molecule has 20 heavy (non-hydrogen) atoms. The third-order valence-electron chi connectivity index (χ3n) is 3.30. The molecule has 1 N–H and O–H groups in total. The van der Waals surface area contributed by atoms with Crippen molar-refractivity contribution in [1.29, 1.82) is 0 Å². The SMILES string of the molecule is CN1CCN(CCNc2nc(Cl)nc(N(C)C)n2)CC1. The first kappa shape index (κ1) is 15.2. The summed E-state index contributed by atoms with van der Waals surface area (Å²) < 4.78 is 0. The van der Waals surface area contributed by atoms with Crippen LogP contribution in [0.1, 0.15) is 0 Å².